The third kappa shape index (κ3) is 5.36. The lowest BCUT2D eigenvalue weighted by molar-refractivity contribution is -0.137. The fourth-order valence-electron chi connectivity index (χ4n) is 2.25. The van der Waals surface area contributed by atoms with E-state index in [2.05, 4.69) is 15.9 Å². The van der Waals surface area contributed by atoms with Crippen molar-refractivity contribution in [3.63, 3.8) is 0 Å². The Kier molecular flexibility index (Phi) is 7.07. The number of rotatable bonds is 7. The molecule has 0 saturated carbocycles. The Morgan fingerprint density at radius 1 is 1.24 bits per heavy atom. The third-order valence-corrected chi connectivity index (χ3v) is 4.17. The average Bonchev–Trinajstić information content (AvgIpc) is 2.60. The molecule has 0 spiro atoms. The van der Waals surface area contributed by atoms with Gasteiger partial charge in [0.15, 0.2) is 11.5 Å². The van der Waals surface area contributed by atoms with E-state index in [1.165, 1.54) is 11.6 Å². The van der Waals surface area contributed by atoms with Gasteiger partial charge in [-0.15, -0.1) is 0 Å². The van der Waals surface area contributed by atoms with Crippen molar-refractivity contribution >= 4 is 28.0 Å². The van der Waals surface area contributed by atoms with E-state index >= 15 is 0 Å². The lowest BCUT2D eigenvalue weighted by Gasteiger charge is -2.14. The molecule has 2 rings (SSSR count). The lowest BCUT2D eigenvalue weighted by Crippen LogP contribution is -2.01. The van der Waals surface area contributed by atoms with Crippen LogP contribution in [0.15, 0.2) is 46.9 Å². The van der Waals surface area contributed by atoms with Crippen LogP contribution in [0, 0.1) is 6.92 Å². The first kappa shape index (κ1) is 19.1. The van der Waals surface area contributed by atoms with Gasteiger partial charge in [0.05, 0.1) is 18.2 Å². The van der Waals surface area contributed by atoms with Crippen molar-refractivity contribution in [3.8, 4) is 11.5 Å². The monoisotopic (exact) mass is 404 g/mol. The van der Waals surface area contributed by atoms with Crippen molar-refractivity contribution in [1.82, 2.24) is 0 Å². The third-order valence-electron chi connectivity index (χ3n) is 3.58. The van der Waals surface area contributed by atoms with E-state index in [1.807, 2.05) is 43.3 Å². The molecular formula is C20H21BrO4. The van der Waals surface area contributed by atoms with Crippen molar-refractivity contribution in [2.75, 3.05) is 13.7 Å². The van der Waals surface area contributed by atoms with Crippen LogP contribution in [0.5, 0.6) is 11.5 Å². The summed E-state index contributed by atoms with van der Waals surface area (Å²) in [5.41, 5.74) is 3.09. The minimum absolute atomic E-state index is 0.349. The standard InChI is InChI=1S/C20H21BrO4/c1-4-24-19(22)10-9-15-11-17(21)20(18(12-15)23-3)25-13-16-8-6-5-7-14(16)2/h5-12H,4,13H2,1-3H3/b10-9+. The van der Waals surface area contributed by atoms with Gasteiger partial charge in [-0.1, -0.05) is 24.3 Å². The number of hydrogen-bond donors (Lipinski definition) is 0. The van der Waals surface area contributed by atoms with Gasteiger partial charge in [-0.25, -0.2) is 4.79 Å². The van der Waals surface area contributed by atoms with Crippen molar-refractivity contribution in [1.29, 1.82) is 0 Å². The Bertz CT molecular complexity index is 768. The SMILES string of the molecule is CCOC(=O)/C=C/c1cc(Br)c(OCc2ccccc2C)c(OC)c1. The van der Waals surface area contributed by atoms with Crippen LogP contribution in [0.25, 0.3) is 6.08 Å². The van der Waals surface area contributed by atoms with Gasteiger partial charge in [0, 0.05) is 6.08 Å². The number of ether oxygens (including phenoxy) is 3. The van der Waals surface area contributed by atoms with Gasteiger partial charge in [0.25, 0.3) is 0 Å². The van der Waals surface area contributed by atoms with E-state index in [1.54, 1.807) is 20.1 Å². The number of aryl methyl sites for hydroxylation is 1. The molecular weight excluding hydrogens is 384 g/mol. The molecule has 0 fully saturated rings. The number of carbonyl (C=O) groups excluding carboxylic acids is 1. The fraction of sp³-hybridized carbons (Fsp3) is 0.250. The Morgan fingerprint density at radius 3 is 2.68 bits per heavy atom. The number of carbonyl (C=O) groups is 1. The highest BCUT2D eigenvalue weighted by atomic mass is 79.9. The summed E-state index contributed by atoms with van der Waals surface area (Å²) in [6.07, 6.45) is 3.06. The Balaban J connectivity index is 2.19. The molecule has 0 aliphatic heterocycles. The first-order chi connectivity index (χ1) is 12.0. The van der Waals surface area contributed by atoms with Crippen LogP contribution in [-0.4, -0.2) is 19.7 Å². The topological polar surface area (TPSA) is 44.8 Å². The second-order valence-corrected chi connectivity index (χ2v) is 6.19. The zero-order valence-electron chi connectivity index (χ0n) is 14.5. The summed E-state index contributed by atoms with van der Waals surface area (Å²) in [7, 11) is 1.58. The van der Waals surface area contributed by atoms with Gasteiger partial charge in [-0.05, 0) is 64.7 Å². The molecule has 0 unspecified atom stereocenters. The highest BCUT2D eigenvalue weighted by Gasteiger charge is 2.12. The molecule has 0 aromatic heterocycles. The summed E-state index contributed by atoms with van der Waals surface area (Å²) in [6.45, 7) is 4.61. The van der Waals surface area contributed by atoms with Gasteiger partial charge >= 0.3 is 5.97 Å². The van der Waals surface area contributed by atoms with E-state index in [9.17, 15) is 4.79 Å². The minimum Gasteiger partial charge on any atom is -0.493 e. The van der Waals surface area contributed by atoms with Crippen LogP contribution < -0.4 is 9.47 Å². The number of hydrogen-bond acceptors (Lipinski definition) is 4. The minimum atomic E-state index is -0.377. The van der Waals surface area contributed by atoms with E-state index in [-0.39, 0.29) is 5.97 Å². The molecule has 25 heavy (non-hydrogen) atoms. The molecule has 0 N–H and O–H groups in total. The van der Waals surface area contributed by atoms with Crippen LogP contribution in [0.1, 0.15) is 23.6 Å². The normalized spacial score (nSPS) is 10.7. The summed E-state index contributed by atoms with van der Waals surface area (Å²) < 4.78 is 17.0. The van der Waals surface area contributed by atoms with Gasteiger partial charge in [0.2, 0.25) is 0 Å². The zero-order valence-corrected chi connectivity index (χ0v) is 16.1. The van der Waals surface area contributed by atoms with Crippen LogP contribution in [-0.2, 0) is 16.1 Å². The Hall–Kier alpha value is -2.27. The largest absolute Gasteiger partial charge is 0.493 e. The smallest absolute Gasteiger partial charge is 0.330 e. The maximum Gasteiger partial charge on any atom is 0.330 e. The summed E-state index contributed by atoms with van der Waals surface area (Å²) in [4.78, 5) is 11.4. The van der Waals surface area contributed by atoms with Crippen LogP contribution >= 0.6 is 15.9 Å². The maximum absolute atomic E-state index is 11.4. The highest BCUT2D eigenvalue weighted by Crippen LogP contribution is 2.37. The molecule has 0 radical (unpaired) electrons. The molecule has 2 aromatic rings. The second-order valence-electron chi connectivity index (χ2n) is 5.33. The molecule has 0 amide bonds. The number of benzene rings is 2. The lowest BCUT2D eigenvalue weighted by atomic mass is 10.1. The maximum atomic E-state index is 11.4. The summed E-state index contributed by atoms with van der Waals surface area (Å²) in [5, 5.41) is 0. The van der Waals surface area contributed by atoms with E-state index in [4.69, 9.17) is 14.2 Å². The molecule has 132 valence electrons. The molecule has 0 bridgehead atoms. The van der Waals surface area contributed by atoms with E-state index in [0.29, 0.717) is 24.7 Å². The number of esters is 1. The predicted octanol–water partition coefficient (Wildman–Crippen LogP) is 4.92. The molecule has 0 heterocycles. The highest BCUT2D eigenvalue weighted by molar-refractivity contribution is 9.10. The van der Waals surface area contributed by atoms with Gasteiger partial charge in [0.1, 0.15) is 6.61 Å². The summed E-state index contributed by atoms with van der Waals surface area (Å²) in [5.74, 6) is 0.836. The van der Waals surface area contributed by atoms with Crippen molar-refractivity contribution in [3.05, 3.63) is 63.6 Å². The molecule has 0 atom stereocenters. The predicted molar refractivity (Wildman–Crippen MR) is 102 cm³/mol. The Labute approximate surface area is 156 Å². The Morgan fingerprint density at radius 2 is 2.00 bits per heavy atom. The molecule has 2 aromatic carbocycles. The van der Waals surface area contributed by atoms with Crippen molar-refractivity contribution < 1.29 is 19.0 Å². The average molecular weight is 405 g/mol. The fourth-order valence-corrected chi connectivity index (χ4v) is 2.83. The molecule has 5 heteroatoms. The van der Waals surface area contributed by atoms with Gasteiger partial charge in [-0.2, -0.15) is 0 Å². The summed E-state index contributed by atoms with van der Waals surface area (Å²) in [6, 6.07) is 11.8. The quantitative estimate of drug-likeness (QED) is 0.485. The van der Waals surface area contributed by atoms with Crippen LogP contribution in [0.3, 0.4) is 0 Å². The van der Waals surface area contributed by atoms with Crippen LogP contribution in [0.4, 0.5) is 0 Å². The molecule has 0 aliphatic rings. The van der Waals surface area contributed by atoms with Crippen molar-refractivity contribution in [2.45, 2.75) is 20.5 Å². The molecule has 4 nitrogen and oxygen atoms in total. The van der Waals surface area contributed by atoms with E-state index < -0.39 is 0 Å². The van der Waals surface area contributed by atoms with E-state index in [0.717, 1.165) is 15.6 Å². The number of halogens is 1. The molecule has 0 aliphatic carbocycles. The summed E-state index contributed by atoms with van der Waals surface area (Å²) >= 11 is 3.51. The molecule has 0 saturated heterocycles. The second kappa shape index (κ2) is 9.28. The zero-order chi connectivity index (χ0) is 18.2. The van der Waals surface area contributed by atoms with Gasteiger partial charge < -0.3 is 14.2 Å². The van der Waals surface area contributed by atoms with Crippen LogP contribution in [0.2, 0.25) is 0 Å². The first-order valence-electron chi connectivity index (χ1n) is 7.94. The first-order valence-corrected chi connectivity index (χ1v) is 8.74. The van der Waals surface area contributed by atoms with Gasteiger partial charge in [-0.3, -0.25) is 0 Å². The number of methoxy groups -OCH3 is 1. The van der Waals surface area contributed by atoms with Crippen molar-refractivity contribution in [2.24, 2.45) is 0 Å².